The molecule has 2 rings (SSSR count). The maximum Gasteiger partial charge on any atom is 0.408 e. The number of thiophene rings is 1. The minimum atomic E-state index is -1.11. The van der Waals surface area contributed by atoms with Crippen LogP contribution in [0.3, 0.4) is 0 Å². The molecule has 1 atom stereocenters. The molecule has 0 aliphatic rings. The van der Waals surface area contributed by atoms with Gasteiger partial charge in [-0.1, -0.05) is 24.3 Å². The maximum absolute atomic E-state index is 11.9. The van der Waals surface area contributed by atoms with Crippen molar-refractivity contribution in [2.45, 2.75) is 45.1 Å². The summed E-state index contributed by atoms with van der Waals surface area (Å²) >= 11 is 1.48. The quantitative estimate of drug-likeness (QED) is 0.620. The van der Waals surface area contributed by atoms with Crippen LogP contribution in [0.25, 0.3) is 10.4 Å². The van der Waals surface area contributed by atoms with Crippen molar-refractivity contribution in [3.05, 3.63) is 46.8 Å². The smallest absolute Gasteiger partial charge is 0.408 e. The van der Waals surface area contributed by atoms with Crippen molar-refractivity contribution >= 4 is 23.4 Å². The standard InChI is InChI=1S/C21H27NO6S/c1-21(2,3)28-20(25)22-16(18(23)24)12-15-10-11-17(29-15)13-6-8-14(9-7-13)19(26-4)27-5/h6-11,16,19H,12H2,1-5H3,(H,22,25)(H,23,24). The Morgan fingerprint density at radius 2 is 1.69 bits per heavy atom. The SMILES string of the molecule is COC(OC)c1ccc(-c2ccc(CC(NC(=O)OC(C)(C)C)C(=O)O)s2)cc1. The van der Waals surface area contributed by atoms with Crippen molar-refractivity contribution in [3.63, 3.8) is 0 Å². The van der Waals surface area contributed by atoms with E-state index in [1.807, 2.05) is 36.4 Å². The average molecular weight is 422 g/mol. The Bertz CT molecular complexity index is 820. The molecule has 2 aromatic rings. The third kappa shape index (κ3) is 6.85. The highest BCUT2D eigenvalue weighted by Crippen LogP contribution is 2.30. The van der Waals surface area contributed by atoms with Gasteiger partial charge in [-0.2, -0.15) is 0 Å². The zero-order valence-corrected chi connectivity index (χ0v) is 18.0. The molecule has 0 saturated carbocycles. The van der Waals surface area contributed by atoms with Crippen LogP contribution in [0.1, 0.15) is 37.5 Å². The molecule has 8 heteroatoms. The zero-order valence-electron chi connectivity index (χ0n) is 17.2. The third-order valence-electron chi connectivity index (χ3n) is 3.95. The molecular formula is C21H27NO6S. The van der Waals surface area contributed by atoms with Crippen LogP contribution >= 0.6 is 11.3 Å². The largest absolute Gasteiger partial charge is 0.480 e. The average Bonchev–Trinajstić information content (AvgIpc) is 3.10. The van der Waals surface area contributed by atoms with E-state index in [-0.39, 0.29) is 6.42 Å². The molecule has 1 aromatic carbocycles. The third-order valence-corrected chi connectivity index (χ3v) is 5.11. The molecule has 0 radical (unpaired) electrons. The number of alkyl carbamates (subject to hydrolysis) is 1. The summed E-state index contributed by atoms with van der Waals surface area (Å²) < 4.78 is 15.6. The summed E-state index contributed by atoms with van der Waals surface area (Å²) in [4.78, 5) is 25.3. The number of carbonyl (C=O) groups is 2. The van der Waals surface area contributed by atoms with Crippen LogP contribution in [0, 0.1) is 0 Å². The summed E-state index contributed by atoms with van der Waals surface area (Å²) in [5, 5.41) is 11.9. The number of amides is 1. The van der Waals surface area contributed by atoms with Crippen LogP contribution in [-0.2, 0) is 25.4 Å². The molecule has 1 aromatic heterocycles. The van der Waals surface area contributed by atoms with E-state index in [4.69, 9.17) is 14.2 Å². The summed E-state index contributed by atoms with van der Waals surface area (Å²) in [5.74, 6) is -1.11. The highest BCUT2D eigenvalue weighted by Gasteiger charge is 2.24. The van der Waals surface area contributed by atoms with Crippen molar-refractivity contribution in [2.75, 3.05) is 14.2 Å². The molecule has 2 N–H and O–H groups in total. The fraction of sp³-hybridized carbons (Fsp3) is 0.429. The number of rotatable bonds is 8. The Morgan fingerprint density at radius 3 is 2.21 bits per heavy atom. The highest BCUT2D eigenvalue weighted by atomic mass is 32.1. The van der Waals surface area contributed by atoms with E-state index in [1.54, 1.807) is 35.0 Å². The van der Waals surface area contributed by atoms with Gasteiger partial charge in [0.1, 0.15) is 11.6 Å². The van der Waals surface area contributed by atoms with Gasteiger partial charge in [0.15, 0.2) is 6.29 Å². The lowest BCUT2D eigenvalue weighted by Crippen LogP contribution is -2.44. The summed E-state index contributed by atoms with van der Waals surface area (Å²) in [5.41, 5.74) is 1.21. The number of hydrogen-bond donors (Lipinski definition) is 2. The van der Waals surface area contributed by atoms with Crippen molar-refractivity contribution < 1.29 is 28.9 Å². The first kappa shape index (κ1) is 22.9. The van der Waals surface area contributed by atoms with Gasteiger partial charge >= 0.3 is 12.1 Å². The van der Waals surface area contributed by atoms with Gasteiger partial charge in [0.25, 0.3) is 0 Å². The molecule has 0 saturated heterocycles. The van der Waals surface area contributed by atoms with Gasteiger partial charge < -0.3 is 24.6 Å². The Kier molecular flexibility index (Phi) is 7.78. The molecule has 1 unspecified atom stereocenters. The van der Waals surface area contributed by atoms with E-state index in [0.29, 0.717) is 0 Å². The van der Waals surface area contributed by atoms with E-state index in [0.717, 1.165) is 20.9 Å². The number of benzene rings is 1. The fourth-order valence-electron chi connectivity index (χ4n) is 2.67. The van der Waals surface area contributed by atoms with E-state index in [9.17, 15) is 14.7 Å². The van der Waals surface area contributed by atoms with Crippen LogP contribution < -0.4 is 5.32 Å². The van der Waals surface area contributed by atoms with Crippen LogP contribution in [-0.4, -0.2) is 43.0 Å². The molecule has 0 aliphatic carbocycles. The molecule has 29 heavy (non-hydrogen) atoms. The second-order valence-electron chi connectivity index (χ2n) is 7.43. The lowest BCUT2D eigenvalue weighted by atomic mass is 10.1. The van der Waals surface area contributed by atoms with Crippen LogP contribution in [0.5, 0.6) is 0 Å². The van der Waals surface area contributed by atoms with Gasteiger partial charge in [-0.3, -0.25) is 0 Å². The summed E-state index contributed by atoms with van der Waals surface area (Å²) in [6, 6.07) is 10.5. The van der Waals surface area contributed by atoms with Gasteiger partial charge in [-0.05, 0) is 38.5 Å². The number of ether oxygens (including phenoxy) is 3. The zero-order chi connectivity index (χ0) is 21.6. The Hall–Kier alpha value is -2.42. The molecule has 1 heterocycles. The molecule has 158 valence electrons. The van der Waals surface area contributed by atoms with Crippen molar-refractivity contribution in [1.82, 2.24) is 5.32 Å². The molecule has 1 amide bonds. The second-order valence-corrected chi connectivity index (χ2v) is 8.60. The number of nitrogens with one attached hydrogen (secondary N) is 1. The predicted octanol–water partition coefficient (Wildman–Crippen LogP) is 4.23. The minimum absolute atomic E-state index is 0.173. The van der Waals surface area contributed by atoms with Gasteiger partial charge in [0.05, 0.1) is 0 Å². The van der Waals surface area contributed by atoms with E-state index >= 15 is 0 Å². The van der Waals surface area contributed by atoms with Crippen molar-refractivity contribution in [3.8, 4) is 10.4 Å². The number of hydrogen-bond acceptors (Lipinski definition) is 6. The molecular weight excluding hydrogens is 394 g/mol. The number of methoxy groups -OCH3 is 2. The summed E-state index contributed by atoms with van der Waals surface area (Å²) in [6.45, 7) is 5.17. The minimum Gasteiger partial charge on any atom is -0.480 e. The summed E-state index contributed by atoms with van der Waals surface area (Å²) in [6.07, 6.45) is -0.992. The van der Waals surface area contributed by atoms with Crippen molar-refractivity contribution in [1.29, 1.82) is 0 Å². The number of carboxylic acids is 1. The van der Waals surface area contributed by atoms with Gasteiger partial charge in [-0.25, -0.2) is 9.59 Å². The van der Waals surface area contributed by atoms with Gasteiger partial charge in [-0.15, -0.1) is 11.3 Å². The number of aliphatic carboxylic acids is 1. The second kappa shape index (κ2) is 9.87. The van der Waals surface area contributed by atoms with Crippen molar-refractivity contribution in [2.24, 2.45) is 0 Å². The predicted molar refractivity (Wildman–Crippen MR) is 111 cm³/mol. The first-order valence-electron chi connectivity index (χ1n) is 9.10. The topological polar surface area (TPSA) is 94.1 Å². The Labute approximate surface area is 174 Å². The lowest BCUT2D eigenvalue weighted by molar-refractivity contribution is -0.139. The van der Waals surface area contributed by atoms with Gasteiger partial charge in [0, 0.05) is 36.0 Å². The number of carbonyl (C=O) groups excluding carboxylic acids is 1. The van der Waals surface area contributed by atoms with Crippen LogP contribution in [0.2, 0.25) is 0 Å². The Balaban J connectivity index is 2.07. The Morgan fingerprint density at radius 1 is 1.07 bits per heavy atom. The maximum atomic E-state index is 11.9. The van der Waals surface area contributed by atoms with Crippen LogP contribution in [0.15, 0.2) is 36.4 Å². The fourth-order valence-corrected chi connectivity index (χ4v) is 3.73. The molecule has 7 nitrogen and oxygen atoms in total. The first-order chi connectivity index (χ1) is 13.6. The van der Waals surface area contributed by atoms with E-state index < -0.39 is 30.0 Å². The normalized spacial score (nSPS) is 12.6. The van der Waals surface area contributed by atoms with Gasteiger partial charge in [0.2, 0.25) is 0 Å². The van der Waals surface area contributed by atoms with Crippen LogP contribution in [0.4, 0.5) is 4.79 Å². The molecule has 0 spiro atoms. The lowest BCUT2D eigenvalue weighted by Gasteiger charge is -2.21. The molecule has 0 bridgehead atoms. The number of carboxylic acid groups (broad SMARTS) is 1. The summed E-state index contributed by atoms with van der Waals surface area (Å²) in [7, 11) is 3.16. The van der Waals surface area contributed by atoms with E-state index in [1.165, 1.54) is 11.3 Å². The first-order valence-corrected chi connectivity index (χ1v) is 9.91. The monoisotopic (exact) mass is 421 g/mol. The highest BCUT2D eigenvalue weighted by molar-refractivity contribution is 7.15. The molecule has 0 fully saturated rings. The molecule has 0 aliphatic heterocycles. The van der Waals surface area contributed by atoms with E-state index in [2.05, 4.69) is 5.32 Å².